The molecule has 4 aromatic carbocycles. The number of non-ortho nitro benzene ring substituents is 1. The molecular formula is C31H21ClN4O6. The molecule has 0 amide bonds. The molecule has 0 saturated carbocycles. The van der Waals surface area contributed by atoms with Gasteiger partial charge in [0.2, 0.25) is 5.82 Å². The van der Waals surface area contributed by atoms with Crippen molar-refractivity contribution in [3.63, 3.8) is 0 Å². The third-order valence-electron chi connectivity index (χ3n) is 6.52. The van der Waals surface area contributed by atoms with E-state index in [1.165, 1.54) is 30.1 Å². The largest absolute Gasteiger partial charge is 0.493 e. The minimum atomic E-state index is -0.461. The number of benzene rings is 4. The molecule has 0 bridgehead atoms. The number of ether oxygens (including phenoxy) is 2. The summed E-state index contributed by atoms with van der Waals surface area (Å²) in [7, 11) is 1.51. The molecule has 2 heterocycles. The fourth-order valence-corrected chi connectivity index (χ4v) is 4.63. The van der Waals surface area contributed by atoms with Crippen molar-refractivity contribution in [1.82, 2.24) is 9.66 Å². The van der Waals surface area contributed by atoms with Gasteiger partial charge in [-0.2, -0.15) is 9.78 Å². The molecule has 0 spiro atoms. The van der Waals surface area contributed by atoms with Crippen LogP contribution in [0.15, 0.2) is 105 Å². The topological polar surface area (TPSA) is 122 Å². The number of halogens is 1. The molecule has 0 saturated heterocycles. The van der Waals surface area contributed by atoms with Gasteiger partial charge in [0.15, 0.2) is 17.3 Å². The van der Waals surface area contributed by atoms with Crippen LogP contribution >= 0.6 is 11.6 Å². The third kappa shape index (κ3) is 5.18. The first-order chi connectivity index (χ1) is 20.4. The van der Waals surface area contributed by atoms with Crippen molar-refractivity contribution in [3.05, 3.63) is 128 Å². The number of methoxy groups -OCH3 is 1. The smallest absolute Gasteiger partial charge is 0.282 e. The summed E-state index contributed by atoms with van der Waals surface area (Å²) >= 11 is 6.16. The average Bonchev–Trinajstić information content (AvgIpc) is 3.43. The fraction of sp³-hybridized carbons (Fsp3) is 0.0645. The molecule has 42 heavy (non-hydrogen) atoms. The van der Waals surface area contributed by atoms with E-state index in [-0.39, 0.29) is 23.7 Å². The molecule has 0 aliphatic heterocycles. The SMILES string of the molecule is COc1cccc(C=Nn2c(-c3cc4cc(Cl)ccc4o3)nc3ccccc3c2=O)c1OCc1ccc([N+](=O)[O-])cc1. The molecule has 0 fully saturated rings. The van der Waals surface area contributed by atoms with E-state index < -0.39 is 4.92 Å². The van der Waals surface area contributed by atoms with Crippen LogP contribution in [0.25, 0.3) is 33.5 Å². The van der Waals surface area contributed by atoms with Crippen molar-refractivity contribution in [1.29, 1.82) is 0 Å². The number of furan rings is 1. The van der Waals surface area contributed by atoms with Crippen LogP contribution in [0.1, 0.15) is 11.1 Å². The predicted molar refractivity (Wildman–Crippen MR) is 160 cm³/mol. The van der Waals surface area contributed by atoms with Gasteiger partial charge in [0.1, 0.15) is 12.2 Å². The highest BCUT2D eigenvalue weighted by atomic mass is 35.5. The van der Waals surface area contributed by atoms with Crippen LogP contribution < -0.4 is 15.0 Å². The zero-order valence-corrected chi connectivity index (χ0v) is 22.8. The first kappa shape index (κ1) is 26.7. The van der Waals surface area contributed by atoms with Crippen LogP contribution in [0.4, 0.5) is 5.69 Å². The van der Waals surface area contributed by atoms with Gasteiger partial charge in [0.25, 0.3) is 11.2 Å². The molecule has 0 unspecified atom stereocenters. The molecule has 6 rings (SSSR count). The maximum Gasteiger partial charge on any atom is 0.282 e. The molecular weight excluding hydrogens is 560 g/mol. The van der Waals surface area contributed by atoms with E-state index in [9.17, 15) is 14.9 Å². The Morgan fingerprint density at radius 2 is 1.86 bits per heavy atom. The number of nitro benzene ring substituents is 1. The number of rotatable bonds is 8. The minimum Gasteiger partial charge on any atom is -0.493 e. The van der Waals surface area contributed by atoms with E-state index in [0.717, 1.165) is 10.9 Å². The first-order valence-electron chi connectivity index (χ1n) is 12.7. The number of hydrogen-bond acceptors (Lipinski definition) is 8. The molecule has 0 aliphatic carbocycles. The lowest BCUT2D eigenvalue weighted by Gasteiger charge is -2.13. The lowest BCUT2D eigenvalue weighted by atomic mass is 10.2. The number of nitrogens with zero attached hydrogens (tertiary/aromatic N) is 4. The van der Waals surface area contributed by atoms with Gasteiger partial charge in [-0.15, -0.1) is 0 Å². The summed E-state index contributed by atoms with van der Waals surface area (Å²) in [4.78, 5) is 28.9. The highest BCUT2D eigenvalue weighted by Gasteiger charge is 2.17. The number of hydrogen-bond donors (Lipinski definition) is 0. The molecule has 0 atom stereocenters. The Labute approximate surface area is 243 Å². The third-order valence-corrected chi connectivity index (χ3v) is 6.76. The predicted octanol–water partition coefficient (Wildman–Crippen LogP) is 6.84. The number of fused-ring (bicyclic) bond motifs is 2. The summed E-state index contributed by atoms with van der Waals surface area (Å²) in [6.07, 6.45) is 1.48. The fourth-order valence-electron chi connectivity index (χ4n) is 4.45. The number of aromatic nitrogens is 2. The van der Waals surface area contributed by atoms with Crippen molar-refractivity contribution in [2.24, 2.45) is 5.10 Å². The Balaban J connectivity index is 1.42. The van der Waals surface area contributed by atoms with E-state index in [2.05, 4.69) is 5.10 Å². The highest BCUT2D eigenvalue weighted by molar-refractivity contribution is 6.31. The summed E-state index contributed by atoms with van der Waals surface area (Å²) < 4.78 is 18.8. The van der Waals surface area contributed by atoms with Gasteiger partial charge in [-0.05, 0) is 66.2 Å². The van der Waals surface area contributed by atoms with E-state index >= 15 is 0 Å². The molecule has 0 radical (unpaired) electrons. The molecule has 6 aromatic rings. The van der Waals surface area contributed by atoms with Gasteiger partial charge in [-0.1, -0.05) is 29.8 Å². The Hall–Kier alpha value is -5.48. The quantitative estimate of drug-likeness (QED) is 0.110. The van der Waals surface area contributed by atoms with Gasteiger partial charge in [0, 0.05) is 28.1 Å². The van der Waals surface area contributed by atoms with Gasteiger partial charge in [-0.3, -0.25) is 14.9 Å². The van der Waals surface area contributed by atoms with E-state index in [0.29, 0.717) is 44.3 Å². The lowest BCUT2D eigenvalue weighted by Crippen LogP contribution is -2.20. The van der Waals surface area contributed by atoms with Crippen molar-refractivity contribution in [2.45, 2.75) is 6.61 Å². The average molecular weight is 581 g/mol. The summed E-state index contributed by atoms with van der Waals surface area (Å²) in [5, 5.41) is 17.2. The molecule has 208 valence electrons. The maximum absolute atomic E-state index is 13.6. The first-order valence-corrected chi connectivity index (χ1v) is 13.1. The van der Waals surface area contributed by atoms with Gasteiger partial charge in [0.05, 0.1) is 29.2 Å². The van der Waals surface area contributed by atoms with E-state index in [4.69, 9.17) is 30.5 Å². The van der Waals surface area contributed by atoms with Crippen molar-refractivity contribution < 1.29 is 18.8 Å². The van der Waals surface area contributed by atoms with Gasteiger partial charge in [-0.25, -0.2) is 4.98 Å². The van der Waals surface area contributed by atoms with Crippen LogP contribution in [0.3, 0.4) is 0 Å². The molecule has 2 aromatic heterocycles. The van der Waals surface area contributed by atoms with Crippen LogP contribution in [0.2, 0.25) is 5.02 Å². The second-order valence-electron chi connectivity index (χ2n) is 9.20. The summed E-state index contributed by atoms with van der Waals surface area (Å²) in [6.45, 7) is 0.115. The van der Waals surface area contributed by atoms with Crippen LogP contribution in [-0.2, 0) is 6.61 Å². The molecule has 10 nitrogen and oxygen atoms in total. The van der Waals surface area contributed by atoms with E-state index in [1.54, 1.807) is 78.9 Å². The maximum atomic E-state index is 13.6. The van der Waals surface area contributed by atoms with Gasteiger partial charge < -0.3 is 13.9 Å². The molecule has 0 aliphatic rings. The summed E-state index contributed by atoms with van der Waals surface area (Å²) in [6, 6.07) is 25.3. The van der Waals surface area contributed by atoms with Crippen LogP contribution in [0.5, 0.6) is 11.5 Å². The lowest BCUT2D eigenvalue weighted by molar-refractivity contribution is -0.384. The monoisotopic (exact) mass is 580 g/mol. The summed E-state index contributed by atoms with van der Waals surface area (Å²) in [5.41, 5.74) is 1.93. The Morgan fingerprint density at radius 3 is 2.64 bits per heavy atom. The summed E-state index contributed by atoms with van der Waals surface area (Å²) in [5.74, 6) is 1.37. The zero-order valence-electron chi connectivity index (χ0n) is 22.1. The standard InChI is InChI=1S/C31H21ClN4O6/c1-40-27-8-4-5-20(29(27)41-18-19-9-12-23(13-10-19)36(38)39)17-33-35-30(34-25-7-3-2-6-24(25)31(35)37)28-16-21-15-22(32)11-14-26(21)42-28/h2-17H,18H2,1H3. The minimum absolute atomic E-state index is 0.0124. The Kier molecular flexibility index (Phi) is 7.12. The van der Waals surface area contributed by atoms with Crippen LogP contribution in [0, 0.1) is 10.1 Å². The Bertz CT molecular complexity index is 2050. The highest BCUT2D eigenvalue weighted by Crippen LogP contribution is 2.32. The second kappa shape index (κ2) is 11.2. The normalized spacial score (nSPS) is 11.4. The van der Waals surface area contributed by atoms with Gasteiger partial charge >= 0.3 is 0 Å². The number of nitro groups is 1. The Morgan fingerprint density at radius 1 is 1.05 bits per heavy atom. The van der Waals surface area contributed by atoms with Crippen molar-refractivity contribution >= 4 is 45.4 Å². The molecule has 0 N–H and O–H groups in total. The van der Waals surface area contributed by atoms with Crippen molar-refractivity contribution in [3.8, 4) is 23.1 Å². The van der Waals surface area contributed by atoms with Crippen LogP contribution in [-0.4, -0.2) is 27.9 Å². The van der Waals surface area contributed by atoms with Crippen molar-refractivity contribution in [2.75, 3.05) is 7.11 Å². The van der Waals surface area contributed by atoms with E-state index in [1.807, 2.05) is 0 Å². The zero-order chi connectivity index (χ0) is 29.2. The number of para-hydroxylation sites is 2. The second-order valence-corrected chi connectivity index (χ2v) is 9.63. The molecule has 11 heteroatoms.